The van der Waals surface area contributed by atoms with E-state index in [9.17, 15) is 9.18 Å². The summed E-state index contributed by atoms with van der Waals surface area (Å²) < 4.78 is 23.8. The minimum Gasteiger partial charge on any atom is -0.494 e. The van der Waals surface area contributed by atoms with Crippen LogP contribution in [-0.2, 0) is 16.0 Å². The number of nitrogens with zero attached hydrogens (tertiary/aromatic N) is 1. The molecule has 4 nitrogen and oxygen atoms in total. The number of benzene rings is 1. The molecule has 1 unspecified atom stereocenters. The Hall–Kier alpha value is -1.46. The van der Waals surface area contributed by atoms with E-state index >= 15 is 0 Å². The quantitative estimate of drug-likeness (QED) is 0.823. The van der Waals surface area contributed by atoms with E-state index in [4.69, 9.17) is 9.47 Å². The standard InChI is InChI=1S/C14H18FNO3/c1-16-5-6-19-14(9-16)12(17)8-10-3-4-13(18-2)11(15)7-10/h3-4,7,14H,5-6,8-9H2,1-2H3. The predicted octanol–water partition coefficient (Wildman–Crippen LogP) is 1.28. The topological polar surface area (TPSA) is 38.8 Å². The zero-order valence-corrected chi connectivity index (χ0v) is 11.2. The first kappa shape index (κ1) is 14.0. The van der Waals surface area contributed by atoms with Gasteiger partial charge in [0.05, 0.1) is 13.7 Å². The fourth-order valence-corrected chi connectivity index (χ4v) is 2.11. The van der Waals surface area contributed by atoms with Crippen molar-refractivity contribution in [3.63, 3.8) is 0 Å². The highest BCUT2D eigenvalue weighted by Crippen LogP contribution is 2.18. The van der Waals surface area contributed by atoms with E-state index in [2.05, 4.69) is 4.90 Å². The lowest BCUT2D eigenvalue weighted by Gasteiger charge is -2.29. The summed E-state index contributed by atoms with van der Waals surface area (Å²) in [5.74, 6) is -0.282. The number of halogens is 1. The lowest BCUT2D eigenvalue weighted by Crippen LogP contribution is -2.44. The number of ether oxygens (including phenoxy) is 2. The first-order chi connectivity index (χ1) is 9.10. The van der Waals surface area contributed by atoms with Crippen molar-refractivity contribution in [3.05, 3.63) is 29.6 Å². The molecule has 0 amide bonds. The molecule has 1 aliphatic heterocycles. The van der Waals surface area contributed by atoms with Crippen LogP contribution >= 0.6 is 0 Å². The number of hydrogen-bond acceptors (Lipinski definition) is 4. The normalized spacial score (nSPS) is 20.3. The highest BCUT2D eigenvalue weighted by atomic mass is 19.1. The third-order valence-electron chi connectivity index (χ3n) is 3.22. The second-order valence-corrected chi connectivity index (χ2v) is 4.73. The molecule has 0 N–H and O–H groups in total. The molecule has 1 aromatic carbocycles. The average Bonchev–Trinajstić information content (AvgIpc) is 2.39. The Labute approximate surface area is 112 Å². The van der Waals surface area contributed by atoms with Gasteiger partial charge in [-0.1, -0.05) is 6.07 Å². The van der Waals surface area contributed by atoms with Crippen LogP contribution in [-0.4, -0.2) is 50.6 Å². The van der Waals surface area contributed by atoms with E-state index in [-0.39, 0.29) is 18.0 Å². The first-order valence-electron chi connectivity index (χ1n) is 6.25. The predicted molar refractivity (Wildman–Crippen MR) is 68.9 cm³/mol. The van der Waals surface area contributed by atoms with Gasteiger partial charge in [0.15, 0.2) is 17.3 Å². The molecular formula is C14H18FNO3. The van der Waals surface area contributed by atoms with Crippen molar-refractivity contribution in [1.29, 1.82) is 0 Å². The molecule has 1 heterocycles. The Bertz CT molecular complexity index is 464. The van der Waals surface area contributed by atoms with Gasteiger partial charge < -0.3 is 14.4 Å². The van der Waals surface area contributed by atoms with Crippen LogP contribution in [0.2, 0.25) is 0 Å². The third-order valence-corrected chi connectivity index (χ3v) is 3.22. The van der Waals surface area contributed by atoms with E-state index in [1.807, 2.05) is 7.05 Å². The van der Waals surface area contributed by atoms with Gasteiger partial charge in [-0.05, 0) is 24.7 Å². The maximum Gasteiger partial charge on any atom is 0.167 e. The Balaban J connectivity index is 2.00. The summed E-state index contributed by atoms with van der Waals surface area (Å²) in [7, 11) is 3.37. The second-order valence-electron chi connectivity index (χ2n) is 4.73. The fraction of sp³-hybridized carbons (Fsp3) is 0.500. The van der Waals surface area contributed by atoms with Crippen molar-refractivity contribution in [2.45, 2.75) is 12.5 Å². The highest BCUT2D eigenvalue weighted by molar-refractivity contribution is 5.85. The fourth-order valence-electron chi connectivity index (χ4n) is 2.11. The molecule has 2 rings (SSSR count). The van der Waals surface area contributed by atoms with Gasteiger partial charge in [0.25, 0.3) is 0 Å². The molecule has 0 radical (unpaired) electrons. The summed E-state index contributed by atoms with van der Waals surface area (Å²) in [5.41, 5.74) is 0.639. The zero-order chi connectivity index (χ0) is 13.8. The highest BCUT2D eigenvalue weighted by Gasteiger charge is 2.24. The maximum absolute atomic E-state index is 13.5. The summed E-state index contributed by atoms with van der Waals surface area (Å²) in [6, 6.07) is 4.57. The zero-order valence-electron chi connectivity index (χ0n) is 11.2. The molecular weight excluding hydrogens is 249 g/mol. The molecule has 1 saturated heterocycles. The minimum absolute atomic E-state index is 0.0175. The van der Waals surface area contributed by atoms with Crippen LogP contribution in [0.25, 0.3) is 0 Å². The van der Waals surface area contributed by atoms with Crippen molar-refractivity contribution >= 4 is 5.78 Å². The molecule has 1 fully saturated rings. The maximum atomic E-state index is 13.5. The number of morpholine rings is 1. The van der Waals surface area contributed by atoms with Crippen molar-refractivity contribution < 1.29 is 18.7 Å². The van der Waals surface area contributed by atoms with Gasteiger partial charge in [-0.15, -0.1) is 0 Å². The average molecular weight is 267 g/mol. The molecule has 1 aromatic rings. The van der Waals surface area contributed by atoms with Gasteiger partial charge >= 0.3 is 0 Å². The van der Waals surface area contributed by atoms with Crippen LogP contribution in [0.4, 0.5) is 4.39 Å². The van der Waals surface area contributed by atoms with Crippen LogP contribution in [0.1, 0.15) is 5.56 Å². The molecule has 1 atom stereocenters. The Kier molecular flexibility index (Phi) is 4.50. The number of methoxy groups -OCH3 is 1. The molecule has 0 aliphatic carbocycles. The van der Waals surface area contributed by atoms with Crippen molar-refractivity contribution in [1.82, 2.24) is 4.90 Å². The summed E-state index contributed by atoms with van der Waals surface area (Å²) in [4.78, 5) is 14.1. The van der Waals surface area contributed by atoms with Crippen LogP contribution in [0.15, 0.2) is 18.2 Å². The van der Waals surface area contributed by atoms with Gasteiger partial charge in [-0.25, -0.2) is 4.39 Å². The number of ketones is 1. The number of rotatable bonds is 4. The lowest BCUT2D eigenvalue weighted by molar-refractivity contribution is -0.134. The number of hydrogen-bond donors (Lipinski definition) is 0. The molecule has 19 heavy (non-hydrogen) atoms. The Morgan fingerprint density at radius 2 is 2.37 bits per heavy atom. The summed E-state index contributed by atoms with van der Waals surface area (Å²) in [6.07, 6.45) is -0.233. The van der Waals surface area contributed by atoms with E-state index < -0.39 is 11.9 Å². The van der Waals surface area contributed by atoms with E-state index in [1.54, 1.807) is 6.07 Å². The van der Waals surface area contributed by atoms with Crippen molar-refractivity contribution in [2.75, 3.05) is 33.9 Å². The smallest absolute Gasteiger partial charge is 0.167 e. The van der Waals surface area contributed by atoms with Gasteiger partial charge in [0.2, 0.25) is 0 Å². The van der Waals surface area contributed by atoms with Crippen LogP contribution < -0.4 is 4.74 Å². The lowest BCUT2D eigenvalue weighted by atomic mass is 10.0. The van der Waals surface area contributed by atoms with Crippen molar-refractivity contribution in [2.24, 2.45) is 0 Å². The van der Waals surface area contributed by atoms with E-state index in [0.29, 0.717) is 18.7 Å². The number of carbonyl (C=O) groups excluding carboxylic acids is 1. The molecule has 0 spiro atoms. The third kappa shape index (κ3) is 3.52. The Morgan fingerprint density at radius 3 is 3.00 bits per heavy atom. The Morgan fingerprint density at radius 1 is 1.58 bits per heavy atom. The van der Waals surface area contributed by atoms with Crippen LogP contribution in [0.5, 0.6) is 5.75 Å². The summed E-state index contributed by atoms with van der Waals surface area (Å²) in [6.45, 7) is 1.99. The molecule has 0 bridgehead atoms. The summed E-state index contributed by atoms with van der Waals surface area (Å²) in [5, 5.41) is 0. The minimum atomic E-state index is -0.450. The van der Waals surface area contributed by atoms with Crippen LogP contribution in [0, 0.1) is 5.82 Å². The molecule has 1 aliphatic rings. The largest absolute Gasteiger partial charge is 0.494 e. The van der Waals surface area contributed by atoms with E-state index in [0.717, 1.165) is 6.54 Å². The van der Waals surface area contributed by atoms with Gasteiger partial charge in [0, 0.05) is 19.5 Å². The second kappa shape index (κ2) is 6.12. The summed E-state index contributed by atoms with van der Waals surface area (Å²) >= 11 is 0. The molecule has 0 aromatic heterocycles. The van der Waals surface area contributed by atoms with Gasteiger partial charge in [-0.2, -0.15) is 0 Å². The molecule has 104 valence electrons. The number of carbonyl (C=O) groups is 1. The molecule has 5 heteroatoms. The number of likely N-dealkylation sites (N-methyl/N-ethyl adjacent to an activating group) is 1. The monoisotopic (exact) mass is 267 g/mol. The SMILES string of the molecule is COc1ccc(CC(=O)C2CN(C)CCO2)cc1F. The van der Waals surface area contributed by atoms with Gasteiger partial charge in [-0.3, -0.25) is 4.79 Å². The van der Waals surface area contributed by atoms with Gasteiger partial charge in [0.1, 0.15) is 6.10 Å². The van der Waals surface area contributed by atoms with E-state index in [1.165, 1.54) is 19.2 Å². The molecule has 0 saturated carbocycles. The first-order valence-corrected chi connectivity index (χ1v) is 6.25. The van der Waals surface area contributed by atoms with Crippen molar-refractivity contribution in [3.8, 4) is 5.75 Å². The number of Topliss-reactive ketones (excluding diaryl/α,β-unsaturated/α-hetero) is 1. The van der Waals surface area contributed by atoms with Crippen LogP contribution in [0.3, 0.4) is 0 Å².